The fourth-order valence-corrected chi connectivity index (χ4v) is 3.01. The molecule has 0 N–H and O–H groups in total. The van der Waals surface area contributed by atoms with Gasteiger partial charge in [0, 0.05) is 32.7 Å². The lowest BCUT2D eigenvalue weighted by Crippen LogP contribution is -2.47. The molecule has 1 aliphatic rings. The highest BCUT2D eigenvalue weighted by atomic mass is 16.5. The largest absolute Gasteiger partial charge is 0.465 e. The first-order valence-corrected chi connectivity index (χ1v) is 8.42. The number of carbonyl (C=O) groups is 1. The van der Waals surface area contributed by atoms with Gasteiger partial charge < -0.3 is 9.64 Å². The van der Waals surface area contributed by atoms with Gasteiger partial charge in [0.2, 0.25) is 0 Å². The third-order valence-electron chi connectivity index (χ3n) is 4.50. The van der Waals surface area contributed by atoms with Gasteiger partial charge in [0.25, 0.3) is 0 Å². The van der Waals surface area contributed by atoms with Crippen LogP contribution in [0.15, 0.2) is 18.7 Å². The molecule has 0 bridgehead atoms. The number of carbonyl (C=O) groups excluding carboxylic acids is 1. The zero-order valence-corrected chi connectivity index (χ0v) is 14.9. The van der Waals surface area contributed by atoms with Crippen molar-refractivity contribution in [2.45, 2.75) is 13.5 Å². The Morgan fingerprint density at radius 2 is 2.08 bits per heavy atom. The van der Waals surface area contributed by atoms with Crippen molar-refractivity contribution in [3.05, 3.63) is 35.5 Å². The summed E-state index contributed by atoms with van der Waals surface area (Å²) in [7, 11) is 1.32. The molecule has 3 heterocycles. The molecule has 1 fully saturated rings. The fraction of sp³-hybridized carbons (Fsp3) is 0.471. The minimum absolute atomic E-state index is 0.333. The van der Waals surface area contributed by atoms with Gasteiger partial charge >= 0.3 is 5.97 Å². The summed E-state index contributed by atoms with van der Waals surface area (Å²) in [6, 6.07) is 3.72. The number of hydrogen-bond acceptors (Lipinski definition) is 8. The monoisotopic (exact) mass is 355 g/mol. The van der Waals surface area contributed by atoms with Gasteiger partial charge in [-0.3, -0.25) is 9.58 Å². The Balaban J connectivity index is 1.66. The molecule has 0 amide bonds. The van der Waals surface area contributed by atoms with Gasteiger partial charge in [0.05, 0.1) is 30.5 Å². The molecule has 136 valence electrons. The zero-order chi connectivity index (χ0) is 18.5. The van der Waals surface area contributed by atoms with Gasteiger partial charge in [-0.25, -0.2) is 14.8 Å². The Kier molecular flexibility index (Phi) is 5.43. The van der Waals surface area contributed by atoms with Crippen LogP contribution in [0, 0.1) is 18.3 Å². The first-order chi connectivity index (χ1) is 12.6. The van der Waals surface area contributed by atoms with E-state index in [0.717, 1.165) is 39.3 Å². The predicted molar refractivity (Wildman–Crippen MR) is 93.7 cm³/mol. The van der Waals surface area contributed by atoms with E-state index in [1.165, 1.54) is 13.4 Å². The number of hydrogen-bond donors (Lipinski definition) is 0. The van der Waals surface area contributed by atoms with Gasteiger partial charge in [0.1, 0.15) is 24.5 Å². The minimum atomic E-state index is -0.476. The number of nitriles is 1. The topological polar surface area (TPSA) is 100 Å². The standard InChI is InChI=1S/C17H21N7O2/c1-13-15(17(25)26-2)9-14(10-18)16(21-13)23-6-3-22(4-7-23)5-8-24-12-19-11-20-24/h9,11-12H,3-8H2,1-2H3. The van der Waals surface area contributed by atoms with Crippen LogP contribution in [0.2, 0.25) is 0 Å². The molecule has 0 atom stereocenters. The van der Waals surface area contributed by atoms with Crippen LogP contribution in [0.25, 0.3) is 0 Å². The van der Waals surface area contributed by atoms with Gasteiger partial charge in [-0.1, -0.05) is 0 Å². The van der Waals surface area contributed by atoms with Crippen LogP contribution in [0.3, 0.4) is 0 Å². The second-order valence-corrected chi connectivity index (χ2v) is 6.08. The quantitative estimate of drug-likeness (QED) is 0.713. The first-order valence-electron chi connectivity index (χ1n) is 8.42. The second-order valence-electron chi connectivity index (χ2n) is 6.08. The summed E-state index contributed by atoms with van der Waals surface area (Å²) in [5.41, 5.74) is 1.30. The summed E-state index contributed by atoms with van der Waals surface area (Å²) >= 11 is 0. The molecule has 0 unspecified atom stereocenters. The maximum atomic E-state index is 11.8. The van der Waals surface area contributed by atoms with Gasteiger partial charge in [-0.2, -0.15) is 10.4 Å². The number of ether oxygens (including phenoxy) is 1. The highest BCUT2D eigenvalue weighted by Gasteiger charge is 2.23. The second kappa shape index (κ2) is 7.93. The number of aryl methyl sites for hydroxylation is 1. The zero-order valence-electron chi connectivity index (χ0n) is 14.9. The summed E-state index contributed by atoms with van der Waals surface area (Å²) in [4.78, 5) is 24.7. The van der Waals surface area contributed by atoms with Crippen LogP contribution in [0.4, 0.5) is 5.82 Å². The highest BCUT2D eigenvalue weighted by Crippen LogP contribution is 2.22. The lowest BCUT2D eigenvalue weighted by Gasteiger charge is -2.35. The van der Waals surface area contributed by atoms with E-state index in [4.69, 9.17) is 4.74 Å². The van der Waals surface area contributed by atoms with Crippen LogP contribution in [-0.4, -0.2) is 70.5 Å². The Labute approximate surface area is 151 Å². The van der Waals surface area contributed by atoms with E-state index in [1.807, 2.05) is 4.68 Å². The maximum Gasteiger partial charge on any atom is 0.339 e. The molecule has 0 radical (unpaired) electrons. The number of piperazine rings is 1. The van der Waals surface area contributed by atoms with E-state index in [9.17, 15) is 10.1 Å². The summed E-state index contributed by atoms with van der Waals surface area (Å²) in [6.45, 7) is 6.75. The molecule has 2 aromatic heterocycles. The fourth-order valence-electron chi connectivity index (χ4n) is 3.01. The highest BCUT2D eigenvalue weighted by molar-refractivity contribution is 5.91. The average Bonchev–Trinajstić information content (AvgIpc) is 3.19. The predicted octanol–water partition coefficient (Wildman–Crippen LogP) is 0.462. The number of rotatable bonds is 5. The van der Waals surface area contributed by atoms with E-state index < -0.39 is 5.97 Å². The number of aromatic nitrogens is 4. The molecule has 0 spiro atoms. The maximum absolute atomic E-state index is 11.8. The molecule has 0 aliphatic carbocycles. The molecule has 9 heteroatoms. The van der Waals surface area contributed by atoms with Crippen molar-refractivity contribution >= 4 is 11.8 Å². The lowest BCUT2D eigenvalue weighted by atomic mass is 10.1. The van der Waals surface area contributed by atoms with Crippen LogP contribution in [0.5, 0.6) is 0 Å². The number of nitrogens with zero attached hydrogens (tertiary/aromatic N) is 7. The van der Waals surface area contributed by atoms with Gasteiger partial charge in [-0.15, -0.1) is 0 Å². The molecule has 1 saturated heterocycles. The van der Waals surface area contributed by atoms with Crippen molar-refractivity contribution in [2.24, 2.45) is 0 Å². The summed E-state index contributed by atoms with van der Waals surface area (Å²) < 4.78 is 6.57. The number of esters is 1. The van der Waals surface area contributed by atoms with Crippen molar-refractivity contribution in [3.8, 4) is 6.07 Å². The van der Waals surface area contributed by atoms with Crippen molar-refractivity contribution in [1.82, 2.24) is 24.6 Å². The Bertz CT molecular complexity index is 805. The number of pyridine rings is 1. The molecule has 3 rings (SSSR count). The van der Waals surface area contributed by atoms with Crippen LogP contribution >= 0.6 is 0 Å². The van der Waals surface area contributed by atoms with Gasteiger partial charge in [-0.05, 0) is 13.0 Å². The molecule has 1 aliphatic heterocycles. The van der Waals surface area contributed by atoms with Crippen LogP contribution in [0.1, 0.15) is 21.6 Å². The normalized spacial score (nSPS) is 14.9. The average molecular weight is 355 g/mol. The molecular formula is C17H21N7O2. The summed E-state index contributed by atoms with van der Waals surface area (Å²) in [5, 5.41) is 13.6. The lowest BCUT2D eigenvalue weighted by molar-refractivity contribution is 0.0599. The molecule has 0 aromatic carbocycles. The number of anilines is 1. The third kappa shape index (κ3) is 3.81. The van der Waals surface area contributed by atoms with E-state index in [0.29, 0.717) is 22.6 Å². The van der Waals surface area contributed by atoms with E-state index in [1.54, 1.807) is 19.3 Å². The van der Waals surface area contributed by atoms with Gasteiger partial charge in [0.15, 0.2) is 0 Å². The minimum Gasteiger partial charge on any atom is -0.465 e. The van der Waals surface area contributed by atoms with Crippen molar-refractivity contribution in [3.63, 3.8) is 0 Å². The van der Waals surface area contributed by atoms with Crippen molar-refractivity contribution < 1.29 is 9.53 Å². The van der Waals surface area contributed by atoms with Crippen molar-refractivity contribution in [2.75, 3.05) is 44.7 Å². The molecule has 9 nitrogen and oxygen atoms in total. The molecule has 0 saturated carbocycles. The molecular weight excluding hydrogens is 334 g/mol. The van der Waals surface area contributed by atoms with E-state index >= 15 is 0 Å². The Morgan fingerprint density at radius 1 is 1.31 bits per heavy atom. The Hall–Kier alpha value is -2.99. The van der Waals surface area contributed by atoms with E-state index in [2.05, 4.69) is 30.9 Å². The summed E-state index contributed by atoms with van der Waals surface area (Å²) in [6.07, 6.45) is 3.25. The van der Waals surface area contributed by atoms with Crippen molar-refractivity contribution in [1.29, 1.82) is 5.26 Å². The van der Waals surface area contributed by atoms with Crippen LogP contribution < -0.4 is 4.90 Å². The molecule has 2 aromatic rings. The molecule has 26 heavy (non-hydrogen) atoms. The SMILES string of the molecule is COC(=O)c1cc(C#N)c(N2CCN(CCn3cncn3)CC2)nc1C. The van der Waals surface area contributed by atoms with Crippen LogP contribution in [-0.2, 0) is 11.3 Å². The Morgan fingerprint density at radius 3 is 2.69 bits per heavy atom. The van der Waals surface area contributed by atoms with E-state index in [-0.39, 0.29) is 0 Å². The smallest absolute Gasteiger partial charge is 0.339 e. The number of methoxy groups -OCH3 is 1. The first kappa shape index (κ1) is 17.8. The third-order valence-corrected chi connectivity index (χ3v) is 4.50. The summed E-state index contributed by atoms with van der Waals surface area (Å²) in [5.74, 6) is 0.157.